The first-order valence-electron chi connectivity index (χ1n) is 5.68. The van der Waals surface area contributed by atoms with Gasteiger partial charge in [-0.15, -0.1) is 0 Å². The molecule has 0 aliphatic carbocycles. The average molecular weight is 308 g/mol. The molecular weight excluding hydrogens is 284 g/mol. The Morgan fingerprint density at radius 2 is 1.00 bits per heavy atom. The summed E-state index contributed by atoms with van der Waals surface area (Å²) >= 11 is 0. The molecule has 0 heterocycles. The fourth-order valence-corrected chi connectivity index (χ4v) is 1.30. The first kappa shape index (κ1) is 24.3. The van der Waals surface area contributed by atoms with Gasteiger partial charge in [0.1, 0.15) is 0 Å². The van der Waals surface area contributed by atoms with Crippen LogP contribution in [-0.2, 0) is 9.59 Å². The van der Waals surface area contributed by atoms with Crippen molar-refractivity contribution < 1.29 is 19.8 Å². The maximum absolute atomic E-state index is 10.8. The Hall–Kier alpha value is -2.70. The van der Waals surface area contributed by atoms with Crippen LogP contribution in [0.15, 0.2) is 72.9 Å². The Kier molecular flexibility index (Phi) is 11.2. The number of rotatable bonds is 9. The molecule has 0 bridgehead atoms. The molecule has 0 aromatic heterocycles. The second-order valence-corrected chi connectivity index (χ2v) is 4.20. The Bertz CT molecular complexity index is 556. The van der Waals surface area contributed by atoms with Crippen molar-refractivity contribution in [3.63, 3.8) is 0 Å². The molecule has 0 aliphatic heterocycles. The van der Waals surface area contributed by atoms with Crippen molar-refractivity contribution in [2.24, 2.45) is 0 Å². The maximum Gasteiger partial charge on any atom is 0.335 e. The number of carboxylic acids is 2. The maximum atomic E-state index is 10.8. The minimum atomic E-state index is -1.20. The average Bonchev–Trinajstić information content (AvgIpc) is 2.40. The summed E-state index contributed by atoms with van der Waals surface area (Å²) in [5.74, 6) is -2.13. The van der Waals surface area contributed by atoms with Crippen LogP contribution in [0.4, 0.5) is 0 Å². The lowest BCUT2D eigenvalue weighted by Crippen LogP contribution is -2.05. The summed E-state index contributed by atoms with van der Waals surface area (Å²) in [5, 5.41) is 17.5. The Labute approximate surface area is 130 Å². The standard InChI is InChI=1S/C16H18O4.2H3N/c1-9(7-8-15(17)18)10(2)11(3)12(4)13(5)14(6)16(19)20;;/h1-8H2,(H,17,18)(H,19,20);2*1H3. The van der Waals surface area contributed by atoms with Gasteiger partial charge in [0.05, 0.1) is 5.57 Å². The van der Waals surface area contributed by atoms with Crippen molar-refractivity contribution in [2.45, 2.75) is 12.8 Å². The van der Waals surface area contributed by atoms with Crippen LogP contribution in [0.25, 0.3) is 0 Å². The Morgan fingerprint density at radius 1 is 0.636 bits per heavy atom. The molecular formula is C16H24N2O4. The van der Waals surface area contributed by atoms with E-state index in [4.69, 9.17) is 10.2 Å². The second kappa shape index (κ2) is 10.1. The van der Waals surface area contributed by atoms with E-state index in [1.165, 1.54) is 0 Å². The van der Waals surface area contributed by atoms with E-state index in [1.807, 2.05) is 0 Å². The van der Waals surface area contributed by atoms with Crippen LogP contribution in [0.1, 0.15) is 12.8 Å². The van der Waals surface area contributed by atoms with E-state index in [-0.39, 0.29) is 36.3 Å². The number of hydrogen-bond donors (Lipinski definition) is 4. The third-order valence-electron chi connectivity index (χ3n) is 2.78. The van der Waals surface area contributed by atoms with Gasteiger partial charge in [-0.2, -0.15) is 0 Å². The van der Waals surface area contributed by atoms with Crippen LogP contribution in [-0.4, -0.2) is 22.2 Å². The van der Waals surface area contributed by atoms with Crippen molar-refractivity contribution in [1.82, 2.24) is 12.3 Å². The molecule has 0 unspecified atom stereocenters. The van der Waals surface area contributed by atoms with Crippen LogP contribution in [0.5, 0.6) is 0 Å². The molecule has 0 saturated carbocycles. The van der Waals surface area contributed by atoms with Gasteiger partial charge in [0.25, 0.3) is 0 Å². The lowest BCUT2D eigenvalue weighted by atomic mass is 9.88. The van der Waals surface area contributed by atoms with Crippen molar-refractivity contribution in [3.8, 4) is 0 Å². The molecule has 6 nitrogen and oxygen atoms in total. The molecule has 0 radical (unpaired) electrons. The van der Waals surface area contributed by atoms with E-state index in [2.05, 4.69) is 39.5 Å². The van der Waals surface area contributed by atoms with Crippen LogP contribution in [0, 0.1) is 0 Å². The van der Waals surface area contributed by atoms with E-state index >= 15 is 0 Å². The smallest absolute Gasteiger partial charge is 0.335 e. The summed E-state index contributed by atoms with van der Waals surface area (Å²) in [6.45, 7) is 22.0. The Morgan fingerprint density at radius 3 is 1.36 bits per heavy atom. The van der Waals surface area contributed by atoms with E-state index in [1.54, 1.807) is 0 Å². The van der Waals surface area contributed by atoms with E-state index in [0.717, 1.165) is 0 Å². The first-order chi connectivity index (χ1) is 9.09. The first-order valence-corrected chi connectivity index (χ1v) is 5.68. The van der Waals surface area contributed by atoms with E-state index < -0.39 is 11.9 Å². The lowest BCUT2D eigenvalue weighted by Gasteiger charge is -2.16. The van der Waals surface area contributed by atoms with Crippen LogP contribution in [0.2, 0.25) is 0 Å². The van der Waals surface area contributed by atoms with Crippen LogP contribution in [0.3, 0.4) is 0 Å². The summed E-state index contributed by atoms with van der Waals surface area (Å²) in [6, 6.07) is 0. The predicted octanol–water partition coefficient (Wildman–Crippen LogP) is 3.60. The van der Waals surface area contributed by atoms with Gasteiger partial charge in [-0.25, -0.2) is 4.79 Å². The number of carbonyl (C=O) groups is 2. The molecule has 0 saturated heterocycles. The molecule has 8 N–H and O–H groups in total. The van der Waals surface area contributed by atoms with Gasteiger partial charge in [0, 0.05) is 6.42 Å². The summed E-state index contributed by atoms with van der Waals surface area (Å²) in [7, 11) is 0. The van der Waals surface area contributed by atoms with Crippen molar-refractivity contribution in [2.75, 3.05) is 0 Å². The van der Waals surface area contributed by atoms with E-state index in [0.29, 0.717) is 22.3 Å². The highest BCUT2D eigenvalue weighted by molar-refractivity contribution is 5.93. The highest BCUT2D eigenvalue weighted by Gasteiger charge is 2.16. The highest BCUT2D eigenvalue weighted by atomic mass is 16.4. The summed E-state index contributed by atoms with van der Waals surface area (Å²) < 4.78 is 0. The van der Waals surface area contributed by atoms with Gasteiger partial charge >= 0.3 is 11.9 Å². The summed E-state index contributed by atoms with van der Waals surface area (Å²) in [6.07, 6.45) is 0.160. The quantitative estimate of drug-likeness (QED) is 0.378. The monoisotopic (exact) mass is 308 g/mol. The third kappa shape index (κ3) is 6.65. The Balaban J connectivity index is -0.00000180. The van der Waals surface area contributed by atoms with Crippen LogP contribution < -0.4 is 12.3 Å². The topological polar surface area (TPSA) is 145 Å². The normalized spacial score (nSPS) is 8.55. The predicted molar refractivity (Wildman–Crippen MR) is 89.4 cm³/mol. The van der Waals surface area contributed by atoms with Crippen molar-refractivity contribution >= 4 is 11.9 Å². The molecule has 0 aliphatic rings. The summed E-state index contributed by atoms with van der Waals surface area (Å²) in [4.78, 5) is 21.3. The minimum Gasteiger partial charge on any atom is -0.481 e. The largest absolute Gasteiger partial charge is 0.481 e. The summed E-state index contributed by atoms with van der Waals surface area (Å²) in [5.41, 5.74) is 1.56. The van der Waals surface area contributed by atoms with Gasteiger partial charge in [-0.1, -0.05) is 39.5 Å². The second-order valence-electron chi connectivity index (χ2n) is 4.20. The van der Waals surface area contributed by atoms with Crippen molar-refractivity contribution in [3.05, 3.63) is 72.9 Å². The molecule has 0 spiro atoms. The zero-order chi connectivity index (χ0) is 16.0. The SMILES string of the molecule is C=C(CCC(=O)O)C(=C)C(=C)C(=C)C(=C)C(=C)C(=O)O.N.N. The molecule has 0 aromatic carbocycles. The zero-order valence-corrected chi connectivity index (χ0v) is 12.8. The van der Waals surface area contributed by atoms with E-state index in [9.17, 15) is 9.59 Å². The highest BCUT2D eigenvalue weighted by Crippen LogP contribution is 2.29. The van der Waals surface area contributed by atoms with Crippen LogP contribution >= 0.6 is 0 Å². The molecule has 0 rings (SSSR count). The zero-order valence-electron chi connectivity index (χ0n) is 12.8. The van der Waals surface area contributed by atoms with Gasteiger partial charge in [0.2, 0.25) is 0 Å². The van der Waals surface area contributed by atoms with Gasteiger partial charge in [-0.05, 0) is 34.3 Å². The van der Waals surface area contributed by atoms with Gasteiger partial charge < -0.3 is 22.5 Å². The van der Waals surface area contributed by atoms with Crippen molar-refractivity contribution in [1.29, 1.82) is 0 Å². The molecule has 0 amide bonds. The minimum absolute atomic E-state index is 0. The molecule has 6 heteroatoms. The number of allylic oxidation sites excluding steroid dienone is 4. The molecule has 0 atom stereocenters. The number of aliphatic carboxylic acids is 2. The number of carboxylic acid groups (broad SMARTS) is 2. The fraction of sp³-hybridized carbons (Fsp3) is 0.125. The van der Waals surface area contributed by atoms with Gasteiger partial charge in [0.15, 0.2) is 0 Å². The molecule has 0 fully saturated rings. The van der Waals surface area contributed by atoms with Gasteiger partial charge in [-0.3, -0.25) is 4.79 Å². The third-order valence-corrected chi connectivity index (χ3v) is 2.78. The lowest BCUT2D eigenvalue weighted by molar-refractivity contribution is -0.137. The molecule has 22 heavy (non-hydrogen) atoms. The molecule has 0 aromatic rings. The molecule has 122 valence electrons. The fourth-order valence-electron chi connectivity index (χ4n) is 1.30. The number of hydrogen-bond acceptors (Lipinski definition) is 4.